The molecule has 1 aromatic carbocycles. The van der Waals surface area contributed by atoms with Crippen LogP contribution in [0.25, 0.3) is 0 Å². The van der Waals surface area contributed by atoms with Crippen molar-refractivity contribution in [3.63, 3.8) is 0 Å². The smallest absolute Gasteiger partial charge is 0.272 e. The first-order valence-electron chi connectivity index (χ1n) is 10.4. The summed E-state index contributed by atoms with van der Waals surface area (Å²) in [6, 6.07) is 11.7. The van der Waals surface area contributed by atoms with E-state index in [2.05, 4.69) is 10.3 Å². The number of carbonyl (C=O) groups is 2. The molecule has 1 aliphatic heterocycles. The van der Waals surface area contributed by atoms with Gasteiger partial charge in [-0.1, -0.05) is 24.6 Å². The van der Waals surface area contributed by atoms with Crippen molar-refractivity contribution < 1.29 is 14.0 Å². The van der Waals surface area contributed by atoms with Gasteiger partial charge < -0.3 is 10.2 Å². The van der Waals surface area contributed by atoms with Crippen molar-refractivity contribution in [2.45, 2.75) is 38.1 Å². The number of rotatable bonds is 5. The zero-order valence-corrected chi connectivity index (χ0v) is 16.4. The topological polar surface area (TPSA) is 62.3 Å². The summed E-state index contributed by atoms with van der Waals surface area (Å²) in [5.41, 5.74) is 1.41. The van der Waals surface area contributed by atoms with Crippen LogP contribution in [0.2, 0.25) is 0 Å². The molecule has 2 aliphatic rings. The SMILES string of the molecule is O=C(NC(c1ccc(F)cc1)C1CCC1)C1CCN(C(=O)c2ccccn2)CC1. The monoisotopic (exact) mass is 395 g/mol. The summed E-state index contributed by atoms with van der Waals surface area (Å²) in [7, 11) is 0. The second kappa shape index (κ2) is 8.72. The van der Waals surface area contributed by atoms with Crippen LogP contribution < -0.4 is 5.32 Å². The predicted octanol–water partition coefficient (Wildman–Crippen LogP) is 3.73. The second-order valence-corrected chi connectivity index (χ2v) is 8.01. The minimum Gasteiger partial charge on any atom is -0.349 e. The van der Waals surface area contributed by atoms with Gasteiger partial charge in [0.25, 0.3) is 5.91 Å². The van der Waals surface area contributed by atoms with E-state index in [0.29, 0.717) is 37.5 Å². The fraction of sp³-hybridized carbons (Fsp3) is 0.435. The highest BCUT2D eigenvalue weighted by Gasteiger charge is 2.33. The van der Waals surface area contributed by atoms with E-state index < -0.39 is 0 Å². The quantitative estimate of drug-likeness (QED) is 0.839. The van der Waals surface area contributed by atoms with Gasteiger partial charge in [0.05, 0.1) is 6.04 Å². The summed E-state index contributed by atoms with van der Waals surface area (Å²) in [6.45, 7) is 1.11. The number of pyridine rings is 1. The van der Waals surface area contributed by atoms with Crippen LogP contribution in [0.4, 0.5) is 4.39 Å². The number of hydrogen-bond donors (Lipinski definition) is 1. The van der Waals surface area contributed by atoms with Gasteiger partial charge in [-0.2, -0.15) is 0 Å². The summed E-state index contributed by atoms with van der Waals surface area (Å²) in [4.78, 5) is 31.4. The Labute approximate surface area is 170 Å². The molecule has 1 atom stereocenters. The van der Waals surface area contributed by atoms with Crippen LogP contribution in [0, 0.1) is 17.7 Å². The standard InChI is InChI=1S/C23H26FN3O2/c24-19-9-7-17(8-10-19)21(16-4-3-5-16)26-22(28)18-11-14-27(15-12-18)23(29)20-6-1-2-13-25-20/h1-2,6-10,13,16,18,21H,3-5,11-12,14-15H2,(H,26,28). The summed E-state index contributed by atoms with van der Waals surface area (Å²) in [5.74, 6) is -0.00213. The first-order chi connectivity index (χ1) is 14.1. The van der Waals surface area contributed by atoms with Gasteiger partial charge in [0.2, 0.25) is 5.91 Å². The molecule has 6 heteroatoms. The summed E-state index contributed by atoms with van der Waals surface area (Å²) in [6.07, 6.45) is 6.24. The molecule has 4 rings (SSSR count). The third-order valence-electron chi connectivity index (χ3n) is 6.19. The Morgan fingerprint density at radius 1 is 1.03 bits per heavy atom. The molecular formula is C23H26FN3O2. The highest BCUT2D eigenvalue weighted by molar-refractivity contribution is 5.92. The van der Waals surface area contributed by atoms with Gasteiger partial charge in [-0.3, -0.25) is 14.6 Å². The lowest BCUT2D eigenvalue weighted by Crippen LogP contribution is -2.45. The Bertz CT molecular complexity index is 844. The lowest BCUT2D eigenvalue weighted by atomic mass is 9.77. The minimum atomic E-state index is -0.266. The van der Waals surface area contributed by atoms with Crippen LogP contribution in [0.1, 0.15) is 54.2 Å². The van der Waals surface area contributed by atoms with Crippen LogP contribution in [-0.2, 0) is 4.79 Å². The Balaban J connectivity index is 1.36. The number of carbonyl (C=O) groups excluding carboxylic acids is 2. The van der Waals surface area contributed by atoms with Gasteiger partial charge in [0, 0.05) is 25.2 Å². The second-order valence-electron chi connectivity index (χ2n) is 8.01. The number of likely N-dealkylation sites (tertiary alicyclic amines) is 1. The third-order valence-corrected chi connectivity index (χ3v) is 6.19. The van der Waals surface area contributed by atoms with E-state index >= 15 is 0 Å². The fourth-order valence-corrected chi connectivity index (χ4v) is 4.18. The van der Waals surface area contributed by atoms with Gasteiger partial charge in [-0.15, -0.1) is 0 Å². The van der Waals surface area contributed by atoms with Crippen LogP contribution in [0.3, 0.4) is 0 Å². The average molecular weight is 395 g/mol. The molecule has 152 valence electrons. The van der Waals surface area contributed by atoms with Crippen molar-refractivity contribution in [2.24, 2.45) is 11.8 Å². The van der Waals surface area contributed by atoms with E-state index in [1.54, 1.807) is 41.4 Å². The van der Waals surface area contributed by atoms with Gasteiger partial charge in [-0.05, 0) is 61.4 Å². The summed E-state index contributed by atoms with van der Waals surface area (Å²) in [5, 5.41) is 3.22. The van der Waals surface area contributed by atoms with Crippen molar-refractivity contribution in [2.75, 3.05) is 13.1 Å². The molecular weight excluding hydrogens is 369 g/mol. The van der Waals surface area contributed by atoms with E-state index in [0.717, 1.165) is 18.4 Å². The molecule has 1 saturated carbocycles. The van der Waals surface area contributed by atoms with Crippen molar-refractivity contribution in [1.29, 1.82) is 0 Å². The maximum absolute atomic E-state index is 13.3. The Morgan fingerprint density at radius 2 is 1.76 bits per heavy atom. The maximum atomic E-state index is 13.3. The molecule has 1 aromatic heterocycles. The molecule has 1 saturated heterocycles. The molecule has 29 heavy (non-hydrogen) atoms. The van der Waals surface area contributed by atoms with E-state index in [4.69, 9.17) is 0 Å². The van der Waals surface area contributed by atoms with E-state index in [1.165, 1.54) is 18.6 Å². The first-order valence-corrected chi connectivity index (χ1v) is 10.4. The zero-order chi connectivity index (χ0) is 20.2. The number of nitrogens with one attached hydrogen (secondary N) is 1. The van der Waals surface area contributed by atoms with Gasteiger partial charge in [-0.25, -0.2) is 4.39 Å². The Morgan fingerprint density at radius 3 is 2.34 bits per heavy atom. The number of halogens is 1. The van der Waals surface area contributed by atoms with Crippen LogP contribution in [0.5, 0.6) is 0 Å². The molecule has 1 unspecified atom stereocenters. The first kappa shape index (κ1) is 19.6. The Kier molecular flexibility index (Phi) is 5.88. The lowest BCUT2D eigenvalue weighted by molar-refractivity contribution is -0.127. The van der Waals surface area contributed by atoms with Crippen molar-refractivity contribution in [3.8, 4) is 0 Å². The molecule has 2 amide bonds. The summed E-state index contributed by atoms with van der Waals surface area (Å²) < 4.78 is 13.3. The van der Waals surface area contributed by atoms with Gasteiger partial charge in [0.1, 0.15) is 11.5 Å². The molecule has 1 N–H and O–H groups in total. The molecule has 0 spiro atoms. The highest BCUT2D eigenvalue weighted by Crippen LogP contribution is 2.38. The van der Waals surface area contributed by atoms with Crippen LogP contribution in [0.15, 0.2) is 48.7 Å². The number of aromatic nitrogens is 1. The van der Waals surface area contributed by atoms with E-state index in [1.807, 2.05) is 0 Å². The third kappa shape index (κ3) is 4.47. The summed E-state index contributed by atoms with van der Waals surface area (Å²) >= 11 is 0. The number of hydrogen-bond acceptors (Lipinski definition) is 3. The number of benzene rings is 1. The molecule has 2 heterocycles. The number of nitrogens with zero attached hydrogens (tertiary/aromatic N) is 2. The van der Waals surface area contributed by atoms with Gasteiger partial charge >= 0.3 is 0 Å². The normalized spacial score (nSPS) is 18.7. The molecule has 5 nitrogen and oxygen atoms in total. The number of amides is 2. The molecule has 2 aromatic rings. The van der Waals surface area contributed by atoms with Crippen molar-refractivity contribution in [3.05, 3.63) is 65.7 Å². The van der Waals surface area contributed by atoms with Crippen molar-refractivity contribution in [1.82, 2.24) is 15.2 Å². The predicted molar refractivity (Wildman–Crippen MR) is 107 cm³/mol. The minimum absolute atomic E-state index is 0.0381. The van der Waals surface area contributed by atoms with E-state index in [-0.39, 0.29) is 29.6 Å². The zero-order valence-electron chi connectivity index (χ0n) is 16.4. The largest absolute Gasteiger partial charge is 0.349 e. The van der Waals surface area contributed by atoms with Crippen LogP contribution in [-0.4, -0.2) is 34.8 Å². The Hall–Kier alpha value is -2.76. The lowest BCUT2D eigenvalue weighted by Gasteiger charge is -2.37. The van der Waals surface area contributed by atoms with Gasteiger partial charge in [0.15, 0.2) is 0 Å². The average Bonchev–Trinajstić information content (AvgIpc) is 2.73. The maximum Gasteiger partial charge on any atom is 0.272 e. The highest BCUT2D eigenvalue weighted by atomic mass is 19.1. The molecule has 0 radical (unpaired) electrons. The van der Waals surface area contributed by atoms with Crippen molar-refractivity contribution >= 4 is 11.8 Å². The molecule has 1 aliphatic carbocycles. The van der Waals surface area contributed by atoms with E-state index in [9.17, 15) is 14.0 Å². The van der Waals surface area contributed by atoms with Crippen LogP contribution >= 0.6 is 0 Å². The molecule has 2 fully saturated rings. The fourth-order valence-electron chi connectivity index (χ4n) is 4.18. The molecule has 0 bridgehead atoms. The number of piperidine rings is 1.